The van der Waals surface area contributed by atoms with E-state index in [9.17, 15) is 0 Å². The van der Waals surface area contributed by atoms with Gasteiger partial charge in [-0.15, -0.1) is 0 Å². The number of hydrogen-bond acceptors (Lipinski definition) is 5. The minimum atomic E-state index is 0.283. The van der Waals surface area contributed by atoms with Crippen molar-refractivity contribution < 1.29 is 9.47 Å². The maximum atomic E-state index is 5.94. The molecule has 3 rings (SSSR count). The largest absolute Gasteiger partial charge is 0.473 e. The Morgan fingerprint density at radius 1 is 1.21 bits per heavy atom. The van der Waals surface area contributed by atoms with Gasteiger partial charge in [-0.1, -0.05) is 0 Å². The summed E-state index contributed by atoms with van der Waals surface area (Å²) in [6.07, 6.45) is 8.45. The van der Waals surface area contributed by atoms with Gasteiger partial charge >= 0.3 is 0 Å². The first-order chi connectivity index (χ1) is 9.33. The summed E-state index contributed by atoms with van der Waals surface area (Å²) in [7, 11) is 0. The van der Waals surface area contributed by atoms with Gasteiger partial charge in [-0.2, -0.15) is 0 Å². The molecule has 2 fully saturated rings. The van der Waals surface area contributed by atoms with Crippen LogP contribution in [0.3, 0.4) is 0 Å². The molecule has 2 saturated heterocycles. The van der Waals surface area contributed by atoms with E-state index < -0.39 is 0 Å². The van der Waals surface area contributed by atoms with Gasteiger partial charge in [0.15, 0.2) is 0 Å². The second-order valence-electron chi connectivity index (χ2n) is 5.33. The van der Waals surface area contributed by atoms with Gasteiger partial charge < -0.3 is 14.8 Å². The highest BCUT2D eigenvalue weighted by atomic mass is 16.5. The summed E-state index contributed by atoms with van der Waals surface area (Å²) in [6, 6.07) is 1.27. The Bertz CT molecular complexity index is 398. The second kappa shape index (κ2) is 5.84. The summed E-state index contributed by atoms with van der Waals surface area (Å²) >= 11 is 0. The molecule has 0 aromatic carbocycles. The summed E-state index contributed by atoms with van der Waals surface area (Å²) in [4.78, 5) is 8.62. The lowest BCUT2D eigenvalue weighted by Gasteiger charge is -2.28. The molecule has 1 N–H and O–H groups in total. The third-order valence-electron chi connectivity index (χ3n) is 3.85. The van der Waals surface area contributed by atoms with E-state index in [1.807, 2.05) is 6.92 Å². The van der Waals surface area contributed by atoms with E-state index >= 15 is 0 Å². The Labute approximate surface area is 113 Å². The van der Waals surface area contributed by atoms with Crippen LogP contribution in [0.2, 0.25) is 0 Å². The molecule has 0 spiro atoms. The highest BCUT2D eigenvalue weighted by Gasteiger charge is 2.34. The third kappa shape index (κ3) is 3.22. The highest BCUT2D eigenvalue weighted by molar-refractivity contribution is 5.08. The van der Waals surface area contributed by atoms with Crippen LogP contribution < -0.4 is 10.1 Å². The molecule has 2 aliphatic rings. The zero-order chi connectivity index (χ0) is 13.1. The van der Waals surface area contributed by atoms with Crippen LogP contribution >= 0.6 is 0 Å². The fourth-order valence-electron chi connectivity index (χ4n) is 2.96. The van der Waals surface area contributed by atoms with Gasteiger partial charge in [-0.25, -0.2) is 4.98 Å². The standard InChI is InChI=1S/C14H21N3O2/c1-2-18-9-12-7-16-14(8-15-12)19-13-5-10-3-4-11(6-13)17-10/h7-8,10-11,13,17H,2-6,9H2,1H3/t10-,11+,13?. The van der Waals surface area contributed by atoms with Crippen LogP contribution in [0.4, 0.5) is 0 Å². The minimum absolute atomic E-state index is 0.283. The normalized spacial score (nSPS) is 29.4. The molecule has 3 atom stereocenters. The SMILES string of the molecule is CCOCc1cnc(OC2C[C@H]3CC[C@@H](C2)N3)cn1. The summed E-state index contributed by atoms with van der Waals surface area (Å²) < 4.78 is 11.2. The van der Waals surface area contributed by atoms with Crippen molar-refractivity contribution in [2.45, 2.75) is 57.4 Å². The van der Waals surface area contributed by atoms with Crippen LogP contribution in [0.15, 0.2) is 12.4 Å². The average Bonchev–Trinajstić information content (AvgIpc) is 2.77. The first-order valence-electron chi connectivity index (χ1n) is 7.15. The van der Waals surface area contributed by atoms with Crippen LogP contribution in [-0.2, 0) is 11.3 Å². The number of rotatable bonds is 5. The Hall–Kier alpha value is -1.20. The van der Waals surface area contributed by atoms with Gasteiger partial charge in [0.1, 0.15) is 6.10 Å². The lowest BCUT2D eigenvalue weighted by Crippen LogP contribution is -2.42. The number of piperidine rings is 1. The minimum Gasteiger partial charge on any atom is -0.473 e. The molecule has 1 aromatic heterocycles. The van der Waals surface area contributed by atoms with Gasteiger partial charge in [0.05, 0.1) is 24.7 Å². The van der Waals surface area contributed by atoms with E-state index in [0.29, 0.717) is 31.2 Å². The Morgan fingerprint density at radius 3 is 2.63 bits per heavy atom. The van der Waals surface area contributed by atoms with Gasteiger partial charge in [-0.05, 0) is 32.6 Å². The maximum absolute atomic E-state index is 5.94. The quantitative estimate of drug-likeness (QED) is 0.876. The fourth-order valence-corrected chi connectivity index (χ4v) is 2.96. The van der Waals surface area contributed by atoms with E-state index in [2.05, 4.69) is 15.3 Å². The molecule has 2 bridgehead atoms. The van der Waals surface area contributed by atoms with Gasteiger partial charge in [-0.3, -0.25) is 4.98 Å². The molecular formula is C14H21N3O2. The summed E-state index contributed by atoms with van der Waals surface area (Å²) in [5, 5.41) is 3.61. The Kier molecular flexibility index (Phi) is 3.94. The van der Waals surface area contributed by atoms with Crippen molar-refractivity contribution in [3.8, 4) is 5.88 Å². The average molecular weight is 263 g/mol. The number of hydrogen-bond donors (Lipinski definition) is 1. The predicted octanol–water partition coefficient (Wildman–Crippen LogP) is 1.67. The summed E-state index contributed by atoms with van der Waals surface area (Å²) in [5.74, 6) is 0.631. The van der Waals surface area contributed by atoms with Crippen molar-refractivity contribution in [3.63, 3.8) is 0 Å². The lowest BCUT2D eigenvalue weighted by molar-refractivity contribution is 0.126. The number of nitrogens with one attached hydrogen (secondary N) is 1. The Balaban J connectivity index is 1.54. The molecule has 19 heavy (non-hydrogen) atoms. The van der Waals surface area contributed by atoms with Crippen molar-refractivity contribution >= 4 is 0 Å². The number of aromatic nitrogens is 2. The van der Waals surface area contributed by atoms with Gasteiger partial charge in [0.2, 0.25) is 5.88 Å². The zero-order valence-electron chi connectivity index (χ0n) is 11.3. The van der Waals surface area contributed by atoms with E-state index in [1.165, 1.54) is 12.8 Å². The molecule has 0 aliphatic carbocycles. The molecule has 2 aliphatic heterocycles. The van der Waals surface area contributed by atoms with E-state index in [0.717, 1.165) is 18.5 Å². The van der Waals surface area contributed by atoms with Crippen LogP contribution in [-0.4, -0.2) is 34.8 Å². The topological polar surface area (TPSA) is 56.3 Å². The van der Waals surface area contributed by atoms with E-state index in [1.54, 1.807) is 12.4 Å². The lowest BCUT2D eigenvalue weighted by atomic mass is 10.0. The van der Waals surface area contributed by atoms with E-state index in [-0.39, 0.29) is 6.10 Å². The molecule has 0 radical (unpaired) electrons. The molecule has 5 nitrogen and oxygen atoms in total. The molecular weight excluding hydrogens is 242 g/mol. The molecule has 104 valence electrons. The molecule has 5 heteroatoms. The number of nitrogens with zero attached hydrogens (tertiary/aromatic N) is 2. The van der Waals surface area contributed by atoms with Crippen molar-refractivity contribution in [2.24, 2.45) is 0 Å². The molecule has 1 unspecified atom stereocenters. The van der Waals surface area contributed by atoms with Gasteiger partial charge in [0.25, 0.3) is 0 Å². The molecule has 0 amide bonds. The summed E-state index contributed by atoms with van der Waals surface area (Å²) in [6.45, 7) is 3.18. The zero-order valence-corrected chi connectivity index (χ0v) is 11.3. The smallest absolute Gasteiger partial charge is 0.232 e. The molecule has 0 saturated carbocycles. The summed E-state index contributed by atoms with van der Waals surface area (Å²) in [5.41, 5.74) is 0.847. The molecule has 1 aromatic rings. The number of ether oxygens (including phenoxy) is 2. The number of fused-ring (bicyclic) bond motifs is 2. The Morgan fingerprint density at radius 2 is 2.00 bits per heavy atom. The predicted molar refractivity (Wildman–Crippen MR) is 71.0 cm³/mol. The van der Waals surface area contributed by atoms with Crippen LogP contribution in [0.1, 0.15) is 38.3 Å². The first-order valence-corrected chi connectivity index (χ1v) is 7.15. The van der Waals surface area contributed by atoms with Gasteiger partial charge in [0, 0.05) is 18.7 Å². The molecule has 3 heterocycles. The van der Waals surface area contributed by atoms with E-state index in [4.69, 9.17) is 9.47 Å². The van der Waals surface area contributed by atoms with Crippen molar-refractivity contribution in [1.29, 1.82) is 0 Å². The van der Waals surface area contributed by atoms with Crippen LogP contribution in [0.5, 0.6) is 5.88 Å². The first kappa shape index (κ1) is 12.8. The van der Waals surface area contributed by atoms with Crippen LogP contribution in [0.25, 0.3) is 0 Å². The van der Waals surface area contributed by atoms with Crippen molar-refractivity contribution in [2.75, 3.05) is 6.61 Å². The van der Waals surface area contributed by atoms with Crippen molar-refractivity contribution in [3.05, 3.63) is 18.1 Å². The highest BCUT2D eigenvalue weighted by Crippen LogP contribution is 2.28. The fraction of sp³-hybridized carbons (Fsp3) is 0.714. The van der Waals surface area contributed by atoms with Crippen LogP contribution in [0, 0.1) is 0 Å². The third-order valence-corrected chi connectivity index (χ3v) is 3.85. The second-order valence-corrected chi connectivity index (χ2v) is 5.33. The monoisotopic (exact) mass is 263 g/mol. The maximum Gasteiger partial charge on any atom is 0.232 e. The van der Waals surface area contributed by atoms with Crippen molar-refractivity contribution in [1.82, 2.24) is 15.3 Å².